The highest BCUT2D eigenvalue weighted by Crippen LogP contribution is 2.32. The van der Waals surface area contributed by atoms with E-state index >= 15 is 0 Å². The lowest BCUT2D eigenvalue weighted by molar-refractivity contribution is -0.140. The van der Waals surface area contributed by atoms with Gasteiger partial charge in [-0.3, -0.25) is 24.7 Å². The Bertz CT molecular complexity index is 854. The number of rotatable bonds is 9. The van der Waals surface area contributed by atoms with Crippen LogP contribution in [0.2, 0.25) is 0 Å². The van der Waals surface area contributed by atoms with Crippen LogP contribution in [-0.4, -0.2) is 58.8 Å². The van der Waals surface area contributed by atoms with Crippen LogP contribution in [0.4, 0.5) is 9.18 Å². The van der Waals surface area contributed by atoms with E-state index in [0.717, 1.165) is 29.8 Å². The number of carbonyl (C=O) groups excluding carboxylic acids is 4. The summed E-state index contributed by atoms with van der Waals surface area (Å²) in [6, 6.07) is 5.27. The normalized spacial score (nSPS) is 17.5. The first-order valence-electron chi connectivity index (χ1n) is 11.0. The van der Waals surface area contributed by atoms with Crippen LogP contribution in [0, 0.1) is 5.82 Å². The van der Waals surface area contributed by atoms with Crippen molar-refractivity contribution in [3.8, 4) is 0 Å². The largest absolute Gasteiger partial charge is 0.351 e. The summed E-state index contributed by atoms with van der Waals surface area (Å²) in [5.41, 5.74) is 2.30. The SMILES string of the molecule is CCN(CCC(=O)NN1C(=O)NC2(CCCCC2)C1=O)CC(=O)NCc1ccc(F)cc1. The first-order valence-corrected chi connectivity index (χ1v) is 11.0. The molecule has 1 aromatic carbocycles. The van der Waals surface area contributed by atoms with Crippen molar-refractivity contribution in [2.75, 3.05) is 19.6 Å². The molecule has 10 heteroatoms. The quantitative estimate of drug-likeness (QED) is 0.496. The molecular weight excluding hydrogens is 417 g/mol. The van der Waals surface area contributed by atoms with Gasteiger partial charge in [0.05, 0.1) is 6.54 Å². The van der Waals surface area contributed by atoms with E-state index in [2.05, 4.69) is 16.1 Å². The molecule has 2 aliphatic rings. The smallest absolute Gasteiger partial charge is 0.344 e. The van der Waals surface area contributed by atoms with E-state index in [1.807, 2.05) is 6.92 Å². The maximum atomic E-state index is 12.9. The van der Waals surface area contributed by atoms with Crippen molar-refractivity contribution >= 4 is 23.8 Å². The Morgan fingerprint density at radius 3 is 2.47 bits per heavy atom. The van der Waals surface area contributed by atoms with E-state index in [4.69, 9.17) is 0 Å². The van der Waals surface area contributed by atoms with Gasteiger partial charge in [-0.25, -0.2) is 9.18 Å². The van der Waals surface area contributed by atoms with Crippen LogP contribution in [-0.2, 0) is 20.9 Å². The van der Waals surface area contributed by atoms with E-state index in [1.54, 1.807) is 17.0 Å². The molecule has 0 radical (unpaired) electrons. The molecule has 0 atom stereocenters. The average Bonchev–Trinajstić information content (AvgIpc) is 3.00. The molecule has 1 aliphatic carbocycles. The fourth-order valence-corrected chi connectivity index (χ4v) is 4.07. The summed E-state index contributed by atoms with van der Waals surface area (Å²) in [4.78, 5) is 51.3. The third-order valence-corrected chi connectivity index (χ3v) is 5.98. The number of hydrazine groups is 1. The van der Waals surface area contributed by atoms with Crippen molar-refractivity contribution in [1.82, 2.24) is 26.0 Å². The number of nitrogens with one attached hydrogen (secondary N) is 3. The van der Waals surface area contributed by atoms with Crippen molar-refractivity contribution in [2.24, 2.45) is 0 Å². The van der Waals surface area contributed by atoms with Crippen LogP contribution in [0.15, 0.2) is 24.3 Å². The van der Waals surface area contributed by atoms with Crippen LogP contribution in [0.3, 0.4) is 0 Å². The highest BCUT2D eigenvalue weighted by molar-refractivity contribution is 6.08. The van der Waals surface area contributed by atoms with Gasteiger partial charge in [0.1, 0.15) is 11.4 Å². The molecule has 174 valence electrons. The monoisotopic (exact) mass is 447 g/mol. The highest BCUT2D eigenvalue weighted by atomic mass is 19.1. The number of nitrogens with zero attached hydrogens (tertiary/aromatic N) is 2. The summed E-state index contributed by atoms with van der Waals surface area (Å²) in [6.45, 7) is 3.09. The Morgan fingerprint density at radius 2 is 1.81 bits per heavy atom. The van der Waals surface area contributed by atoms with Crippen LogP contribution in [0.25, 0.3) is 0 Å². The topological polar surface area (TPSA) is 111 Å². The minimum absolute atomic E-state index is 0.0309. The lowest BCUT2D eigenvalue weighted by Crippen LogP contribution is -2.51. The Morgan fingerprint density at radius 1 is 1.12 bits per heavy atom. The standard InChI is InChI=1S/C22H30FN5O4/c1-2-27(15-19(30)24-14-16-6-8-17(23)9-7-16)13-10-18(29)26-28-20(31)22(25-21(28)32)11-4-3-5-12-22/h6-9H,2-5,10-15H2,1H3,(H,24,30)(H,25,32)(H,26,29). The van der Waals surface area contributed by atoms with Crippen molar-refractivity contribution < 1.29 is 23.6 Å². The predicted octanol–water partition coefficient (Wildman–Crippen LogP) is 1.44. The van der Waals surface area contributed by atoms with Gasteiger partial charge in [0.15, 0.2) is 0 Å². The molecule has 32 heavy (non-hydrogen) atoms. The number of benzene rings is 1. The van der Waals surface area contributed by atoms with Crippen molar-refractivity contribution in [3.63, 3.8) is 0 Å². The second-order valence-electron chi connectivity index (χ2n) is 8.27. The maximum Gasteiger partial charge on any atom is 0.344 e. The van der Waals surface area contributed by atoms with Crippen LogP contribution >= 0.6 is 0 Å². The molecule has 0 unspecified atom stereocenters. The molecule has 3 N–H and O–H groups in total. The minimum atomic E-state index is -0.888. The van der Waals surface area contributed by atoms with Gasteiger partial charge in [0.2, 0.25) is 11.8 Å². The summed E-state index contributed by atoms with van der Waals surface area (Å²) in [5.74, 6) is -1.42. The molecule has 3 rings (SSSR count). The Balaban J connectivity index is 1.42. The summed E-state index contributed by atoms with van der Waals surface area (Å²) < 4.78 is 12.9. The van der Waals surface area contributed by atoms with Crippen molar-refractivity contribution in [1.29, 1.82) is 0 Å². The highest BCUT2D eigenvalue weighted by Gasteiger charge is 2.52. The zero-order valence-electron chi connectivity index (χ0n) is 18.3. The molecule has 0 bridgehead atoms. The Kier molecular flexibility index (Phi) is 7.79. The van der Waals surface area contributed by atoms with E-state index in [-0.39, 0.29) is 31.2 Å². The average molecular weight is 448 g/mol. The fraction of sp³-hybridized carbons (Fsp3) is 0.545. The molecule has 1 spiro atoms. The lowest BCUT2D eigenvalue weighted by Gasteiger charge is -2.30. The first kappa shape index (κ1) is 23.6. The molecule has 1 saturated heterocycles. The van der Waals surface area contributed by atoms with Gasteiger partial charge in [0.25, 0.3) is 5.91 Å². The second-order valence-corrected chi connectivity index (χ2v) is 8.27. The number of carbonyl (C=O) groups is 4. The lowest BCUT2D eigenvalue weighted by atomic mass is 9.82. The third-order valence-electron chi connectivity index (χ3n) is 5.98. The van der Waals surface area contributed by atoms with Gasteiger partial charge in [-0.15, -0.1) is 0 Å². The zero-order valence-corrected chi connectivity index (χ0v) is 18.3. The van der Waals surface area contributed by atoms with Crippen molar-refractivity contribution in [2.45, 2.75) is 57.5 Å². The van der Waals surface area contributed by atoms with E-state index in [0.29, 0.717) is 25.9 Å². The third kappa shape index (κ3) is 5.82. The molecule has 1 aromatic rings. The van der Waals surface area contributed by atoms with E-state index < -0.39 is 23.4 Å². The predicted molar refractivity (Wildman–Crippen MR) is 114 cm³/mol. The Hall–Kier alpha value is -3.01. The Labute approximate surface area is 186 Å². The molecule has 1 aliphatic heterocycles. The number of hydrogen-bond acceptors (Lipinski definition) is 5. The van der Waals surface area contributed by atoms with E-state index in [9.17, 15) is 23.6 Å². The number of likely N-dealkylation sites (N-methyl/N-ethyl adjacent to an activating group) is 1. The number of urea groups is 1. The van der Waals surface area contributed by atoms with Gasteiger partial charge < -0.3 is 10.6 Å². The zero-order chi connectivity index (χ0) is 23.1. The minimum Gasteiger partial charge on any atom is -0.351 e. The summed E-state index contributed by atoms with van der Waals surface area (Å²) in [6.07, 6.45) is 3.96. The van der Waals surface area contributed by atoms with Gasteiger partial charge in [0, 0.05) is 19.5 Å². The maximum absolute atomic E-state index is 12.9. The van der Waals surface area contributed by atoms with Gasteiger partial charge in [-0.1, -0.05) is 38.3 Å². The molecule has 2 fully saturated rings. The molecule has 5 amide bonds. The van der Waals surface area contributed by atoms with Crippen molar-refractivity contribution in [3.05, 3.63) is 35.6 Å². The fourth-order valence-electron chi connectivity index (χ4n) is 4.07. The van der Waals surface area contributed by atoms with E-state index in [1.165, 1.54) is 12.1 Å². The second kappa shape index (κ2) is 10.5. The number of hydrogen-bond donors (Lipinski definition) is 3. The van der Waals surface area contributed by atoms with Gasteiger partial charge in [-0.2, -0.15) is 5.01 Å². The van der Waals surface area contributed by atoms with Crippen LogP contribution in [0.1, 0.15) is 51.0 Å². The molecule has 9 nitrogen and oxygen atoms in total. The van der Waals surface area contributed by atoms with Gasteiger partial charge >= 0.3 is 6.03 Å². The number of imide groups is 1. The summed E-state index contributed by atoms with van der Waals surface area (Å²) in [7, 11) is 0. The van der Waals surface area contributed by atoms with Crippen LogP contribution < -0.4 is 16.1 Å². The summed E-state index contributed by atoms with van der Waals surface area (Å²) in [5, 5.41) is 6.30. The number of amides is 5. The first-order chi connectivity index (χ1) is 15.3. The van der Waals surface area contributed by atoms with Gasteiger partial charge in [-0.05, 0) is 37.1 Å². The number of halogens is 1. The van der Waals surface area contributed by atoms with Crippen LogP contribution in [0.5, 0.6) is 0 Å². The summed E-state index contributed by atoms with van der Waals surface area (Å²) >= 11 is 0. The molecule has 1 saturated carbocycles. The molecular formula is C22H30FN5O4. The molecule has 1 heterocycles. The molecule has 0 aromatic heterocycles.